The molecule has 0 unspecified atom stereocenters. The van der Waals surface area contributed by atoms with Gasteiger partial charge in [-0.15, -0.1) is 0 Å². The number of carbonyl (C=O) groups excluding carboxylic acids is 1. The average molecular weight is 489 g/mol. The summed E-state index contributed by atoms with van der Waals surface area (Å²) >= 11 is 7.83. The van der Waals surface area contributed by atoms with E-state index in [1.54, 1.807) is 11.8 Å². The van der Waals surface area contributed by atoms with Crippen LogP contribution in [-0.4, -0.2) is 66.0 Å². The largest absolute Gasteiger partial charge is 0.356 e. The van der Waals surface area contributed by atoms with E-state index in [1.807, 2.05) is 35.2 Å². The third-order valence-corrected chi connectivity index (χ3v) is 7.65. The first-order valence-corrected chi connectivity index (χ1v) is 13.1. The molecular weight excluding hydrogens is 460 g/mol. The van der Waals surface area contributed by atoms with Gasteiger partial charge in [0.05, 0.1) is 13.2 Å². The van der Waals surface area contributed by atoms with Crippen LogP contribution in [0.3, 0.4) is 0 Å². The topological polar surface area (TPSA) is 67.8 Å². The van der Waals surface area contributed by atoms with Crippen LogP contribution in [-0.2, 0) is 15.2 Å². The van der Waals surface area contributed by atoms with Gasteiger partial charge in [0.15, 0.2) is 10.9 Å². The molecule has 1 aromatic heterocycles. The third kappa shape index (κ3) is 5.45. The Morgan fingerprint density at radius 1 is 1.00 bits per heavy atom. The molecule has 9 heteroatoms. The van der Waals surface area contributed by atoms with Crippen molar-refractivity contribution in [1.82, 2.24) is 14.9 Å². The van der Waals surface area contributed by atoms with Crippen molar-refractivity contribution < 1.29 is 14.3 Å². The van der Waals surface area contributed by atoms with Gasteiger partial charge < -0.3 is 19.3 Å². The minimum atomic E-state index is -0.464. The molecule has 2 aromatic rings. The Balaban J connectivity index is 1.17. The number of amides is 1. The molecule has 33 heavy (non-hydrogen) atoms. The van der Waals surface area contributed by atoms with E-state index in [-0.39, 0.29) is 5.91 Å². The standard InChI is InChI=1S/C24H29ClN4O3S/c25-20-16-21(28-10-2-1-3-11-28)27-23(26-20)33-17-18-4-6-19(7-5-18)22(30)29-12-8-24(9-13-29)31-14-15-32-24/h4-7,16H,1-3,8-15,17H2. The fraction of sp³-hybridized carbons (Fsp3) is 0.542. The highest BCUT2D eigenvalue weighted by molar-refractivity contribution is 7.98. The van der Waals surface area contributed by atoms with E-state index in [1.165, 1.54) is 19.3 Å². The second kappa shape index (κ2) is 10.2. The van der Waals surface area contributed by atoms with Gasteiger partial charge in [-0.05, 0) is 37.0 Å². The lowest BCUT2D eigenvalue weighted by Gasteiger charge is -2.37. The zero-order chi connectivity index (χ0) is 22.7. The molecule has 5 rings (SSSR count). The highest BCUT2D eigenvalue weighted by atomic mass is 35.5. The molecule has 7 nitrogen and oxygen atoms in total. The minimum absolute atomic E-state index is 0.0615. The molecule has 0 N–H and O–H groups in total. The van der Waals surface area contributed by atoms with Gasteiger partial charge in [0.2, 0.25) is 0 Å². The van der Waals surface area contributed by atoms with Gasteiger partial charge in [-0.25, -0.2) is 9.97 Å². The van der Waals surface area contributed by atoms with E-state index < -0.39 is 5.79 Å². The summed E-state index contributed by atoms with van der Waals surface area (Å²) < 4.78 is 11.5. The van der Waals surface area contributed by atoms with Gasteiger partial charge in [0, 0.05) is 56.4 Å². The van der Waals surface area contributed by atoms with E-state index in [0.717, 1.165) is 43.1 Å². The van der Waals surface area contributed by atoms with Crippen LogP contribution in [0.15, 0.2) is 35.5 Å². The van der Waals surface area contributed by atoms with Crippen molar-refractivity contribution in [3.63, 3.8) is 0 Å². The molecule has 0 atom stereocenters. The number of aromatic nitrogens is 2. The Bertz CT molecular complexity index is 968. The minimum Gasteiger partial charge on any atom is -0.356 e. The summed E-state index contributed by atoms with van der Waals surface area (Å²) in [6.07, 6.45) is 5.11. The number of halogens is 1. The molecule has 0 bridgehead atoms. The Labute approximate surface area is 203 Å². The number of hydrogen-bond acceptors (Lipinski definition) is 7. The van der Waals surface area contributed by atoms with Crippen molar-refractivity contribution in [1.29, 1.82) is 0 Å². The second-order valence-electron chi connectivity index (χ2n) is 8.76. The van der Waals surface area contributed by atoms with Crippen LogP contribution in [0.4, 0.5) is 5.82 Å². The summed E-state index contributed by atoms with van der Waals surface area (Å²) in [6, 6.07) is 9.67. The van der Waals surface area contributed by atoms with Crippen molar-refractivity contribution in [3.8, 4) is 0 Å². The van der Waals surface area contributed by atoms with E-state index in [9.17, 15) is 4.79 Å². The number of thioether (sulfide) groups is 1. The Kier molecular flexibility index (Phi) is 7.06. The monoisotopic (exact) mass is 488 g/mol. The van der Waals surface area contributed by atoms with Crippen molar-refractivity contribution in [3.05, 3.63) is 46.6 Å². The molecule has 1 aromatic carbocycles. The number of hydrogen-bond donors (Lipinski definition) is 0. The molecule has 3 fully saturated rings. The van der Waals surface area contributed by atoms with Crippen molar-refractivity contribution in [2.75, 3.05) is 44.3 Å². The first-order chi connectivity index (χ1) is 16.1. The van der Waals surface area contributed by atoms with E-state index in [4.69, 9.17) is 26.1 Å². The van der Waals surface area contributed by atoms with Crippen LogP contribution in [0.5, 0.6) is 0 Å². The number of ether oxygens (including phenoxy) is 2. The molecule has 0 aliphatic carbocycles. The number of likely N-dealkylation sites (tertiary alicyclic amines) is 1. The number of rotatable bonds is 5. The summed E-state index contributed by atoms with van der Waals surface area (Å²) in [7, 11) is 0. The zero-order valence-corrected chi connectivity index (χ0v) is 20.2. The number of carbonyl (C=O) groups is 1. The van der Waals surface area contributed by atoms with Gasteiger partial charge in [-0.3, -0.25) is 4.79 Å². The van der Waals surface area contributed by atoms with Crippen LogP contribution in [0.1, 0.15) is 48.0 Å². The summed E-state index contributed by atoms with van der Waals surface area (Å²) in [6.45, 7) is 4.64. The molecule has 4 heterocycles. The third-order valence-electron chi connectivity index (χ3n) is 6.54. The molecule has 0 saturated carbocycles. The normalized spacial score (nSPS) is 20.4. The van der Waals surface area contributed by atoms with Gasteiger partial charge in [-0.2, -0.15) is 0 Å². The predicted molar refractivity (Wildman–Crippen MR) is 129 cm³/mol. The molecular formula is C24H29ClN4O3S. The number of benzene rings is 1. The Hall–Kier alpha value is -1.87. The maximum absolute atomic E-state index is 12.9. The van der Waals surface area contributed by atoms with E-state index >= 15 is 0 Å². The highest BCUT2D eigenvalue weighted by Crippen LogP contribution is 2.32. The van der Waals surface area contributed by atoms with Gasteiger partial charge in [-0.1, -0.05) is 35.5 Å². The van der Waals surface area contributed by atoms with E-state index in [2.05, 4.69) is 9.88 Å². The summed E-state index contributed by atoms with van der Waals surface area (Å²) in [4.78, 5) is 26.2. The lowest BCUT2D eigenvalue weighted by molar-refractivity contribution is -0.181. The Morgan fingerprint density at radius 2 is 1.70 bits per heavy atom. The highest BCUT2D eigenvalue weighted by Gasteiger charge is 2.40. The number of nitrogens with zero attached hydrogens (tertiary/aromatic N) is 4. The van der Waals surface area contributed by atoms with Gasteiger partial charge in [0.1, 0.15) is 11.0 Å². The van der Waals surface area contributed by atoms with Crippen molar-refractivity contribution >= 4 is 35.1 Å². The molecule has 176 valence electrons. The zero-order valence-electron chi connectivity index (χ0n) is 18.7. The summed E-state index contributed by atoms with van der Waals surface area (Å²) in [5, 5.41) is 1.16. The predicted octanol–water partition coefficient (Wildman–Crippen LogP) is 4.39. The van der Waals surface area contributed by atoms with Crippen LogP contribution >= 0.6 is 23.4 Å². The summed E-state index contributed by atoms with van der Waals surface area (Å²) in [5.74, 6) is 1.23. The quantitative estimate of drug-likeness (QED) is 0.351. The SMILES string of the molecule is O=C(c1ccc(CSc2nc(Cl)cc(N3CCCCC3)n2)cc1)N1CCC2(CC1)OCCO2. The molecule has 1 amide bonds. The maximum Gasteiger partial charge on any atom is 0.253 e. The first kappa shape index (κ1) is 22.9. The first-order valence-electron chi connectivity index (χ1n) is 11.7. The van der Waals surface area contributed by atoms with Crippen LogP contribution < -0.4 is 4.90 Å². The lowest BCUT2D eigenvalue weighted by atomic mass is 10.0. The van der Waals surface area contributed by atoms with Crippen molar-refractivity contribution in [2.24, 2.45) is 0 Å². The molecule has 3 aliphatic heterocycles. The van der Waals surface area contributed by atoms with Crippen LogP contribution in [0, 0.1) is 0 Å². The Morgan fingerprint density at radius 3 is 2.39 bits per heavy atom. The fourth-order valence-electron chi connectivity index (χ4n) is 4.65. The van der Waals surface area contributed by atoms with Crippen molar-refractivity contribution in [2.45, 2.75) is 48.8 Å². The molecule has 3 saturated heterocycles. The van der Waals surface area contributed by atoms with Crippen LogP contribution in [0.25, 0.3) is 0 Å². The summed E-state index contributed by atoms with van der Waals surface area (Å²) in [5.41, 5.74) is 1.82. The molecule has 3 aliphatic rings. The van der Waals surface area contributed by atoms with Crippen LogP contribution in [0.2, 0.25) is 5.15 Å². The van der Waals surface area contributed by atoms with Gasteiger partial charge >= 0.3 is 0 Å². The lowest BCUT2D eigenvalue weighted by Crippen LogP contribution is -2.47. The number of anilines is 1. The fourth-order valence-corrected chi connectivity index (χ4v) is 5.68. The van der Waals surface area contributed by atoms with Gasteiger partial charge in [0.25, 0.3) is 5.91 Å². The molecule has 0 radical (unpaired) electrons. The number of piperidine rings is 2. The smallest absolute Gasteiger partial charge is 0.253 e. The average Bonchev–Trinajstić information content (AvgIpc) is 3.31. The second-order valence-corrected chi connectivity index (χ2v) is 10.1. The van der Waals surface area contributed by atoms with E-state index in [0.29, 0.717) is 42.2 Å². The maximum atomic E-state index is 12.9. The molecule has 1 spiro atoms.